The highest BCUT2D eigenvalue weighted by atomic mass is 32.2. The third-order valence-electron chi connectivity index (χ3n) is 3.77. The molecule has 0 saturated carbocycles. The van der Waals surface area contributed by atoms with E-state index < -0.39 is 0 Å². The highest BCUT2D eigenvalue weighted by Crippen LogP contribution is 2.25. The summed E-state index contributed by atoms with van der Waals surface area (Å²) in [5.41, 5.74) is 4.56. The van der Waals surface area contributed by atoms with E-state index in [4.69, 9.17) is 0 Å². The molecular weight excluding hydrogens is 304 g/mol. The zero-order valence-electron chi connectivity index (χ0n) is 13.1. The fraction of sp³-hybridized carbons (Fsp3) is 0.211. The molecule has 1 N–H and O–H groups in total. The molecule has 1 aromatic heterocycles. The summed E-state index contributed by atoms with van der Waals surface area (Å²) in [6.07, 6.45) is 1.94. The molecule has 0 spiro atoms. The summed E-state index contributed by atoms with van der Waals surface area (Å²) in [6.45, 7) is 2.87. The minimum atomic E-state index is -0.0281. The number of aromatic nitrogens is 2. The van der Waals surface area contributed by atoms with Crippen LogP contribution < -0.4 is 0 Å². The van der Waals surface area contributed by atoms with Gasteiger partial charge in [0, 0.05) is 18.5 Å². The van der Waals surface area contributed by atoms with Crippen molar-refractivity contribution >= 4 is 11.8 Å². The number of aryl methyl sites for hydroxylation is 1. The first-order valence-electron chi connectivity index (χ1n) is 7.64. The molecule has 0 amide bonds. The Bertz CT molecular complexity index is 768. The Morgan fingerprint density at radius 2 is 1.78 bits per heavy atom. The van der Waals surface area contributed by atoms with Crippen LogP contribution in [0.2, 0.25) is 0 Å². The number of aliphatic hydroxyl groups is 1. The molecule has 0 atom stereocenters. The zero-order valence-corrected chi connectivity index (χ0v) is 14.0. The number of aliphatic hydroxyl groups excluding tert-OH is 1. The lowest BCUT2D eigenvalue weighted by molar-refractivity contribution is 0.277. The second kappa shape index (κ2) is 7.49. The van der Waals surface area contributed by atoms with Crippen molar-refractivity contribution in [1.82, 2.24) is 9.55 Å². The molecule has 0 fully saturated rings. The van der Waals surface area contributed by atoms with Gasteiger partial charge in [-0.05, 0) is 23.6 Å². The summed E-state index contributed by atoms with van der Waals surface area (Å²) in [5.74, 6) is 0.878. The lowest BCUT2D eigenvalue weighted by Crippen LogP contribution is -2.00. The number of hydrogen-bond acceptors (Lipinski definition) is 3. The van der Waals surface area contributed by atoms with Gasteiger partial charge in [-0.2, -0.15) is 0 Å². The second-order valence-corrected chi connectivity index (χ2v) is 6.44. The molecule has 3 rings (SSSR count). The van der Waals surface area contributed by atoms with Gasteiger partial charge in [-0.25, -0.2) is 4.98 Å². The van der Waals surface area contributed by atoms with Gasteiger partial charge in [0.2, 0.25) is 0 Å². The average Bonchev–Trinajstić information content (AvgIpc) is 2.97. The maximum atomic E-state index is 9.39. The predicted octanol–water partition coefficient (Wildman–Crippen LogP) is 4.02. The molecule has 0 aliphatic heterocycles. The van der Waals surface area contributed by atoms with E-state index in [9.17, 15) is 5.11 Å². The van der Waals surface area contributed by atoms with Gasteiger partial charge < -0.3 is 9.67 Å². The van der Waals surface area contributed by atoms with Gasteiger partial charge in [-0.15, -0.1) is 0 Å². The van der Waals surface area contributed by atoms with Crippen LogP contribution >= 0.6 is 11.8 Å². The molecular formula is C19H20N2OS. The molecule has 118 valence electrons. The maximum absolute atomic E-state index is 9.39. The van der Waals surface area contributed by atoms with Crippen LogP contribution in [0.25, 0.3) is 0 Å². The third kappa shape index (κ3) is 4.03. The van der Waals surface area contributed by atoms with Crippen molar-refractivity contribution < 1.29 is 5.11 Å². The number of imidazole rings is 1. The van der Waals surface area contributed by atoms with Crippen molar-refractivity contribution in [3.05, 3.63) is 83.2 Å². The minimum Gasteiger partial charge on any atom is -0.390 e. The number of hydrogen-bond donors (Lipinski definition) is 1. The van der Waals surface area contributed by atoms with Crippen LogP contribution in [0.15, 0.2) is 66.0 Å². The predicted molar refractivity (Wildman–Crippen MR) is 94.4 cm³/mol. The van der Waals surface area contributed by atoms with Gasteiger partial charge in [0.15, 0.2) is 5.16 Å². The molecule has 0 aliphatic carbocycles. The smallest absolute Gasteiger partial charge is 0.168 e. The molecule has 0 bridgehead atoms. The maximum Gasteiger partial charge on any atom is 0.168 e. The zero-order chi connectivity index (χ0) is 16.1. The largest absolute Gasteiger partial charge is 0.390 e. The normalized spacial score (nSPS) is 10.9. The van der Waals surface area contributed by atoms with Crippen molar-refractivity contribution in [2.45, 2.75) is 31.0 Å². The van der Waals surface area contributed by atoms with Crippen LogP contribution in [-0.4, -0.2) is 14.7 Å². The van der Waals surface area contributed by atoms with Gasteiger partial charge in [0.1, 0.15) is 0 Å². The molecule has 3 nitrogen and oxygen atoms in total. The Labute approximate surface area is 141 Å². The summed E-state index contributed by atoms with van der Waals surface area (Å²) < 4.78 is 2.11. The topological polar surface area (TPSA) is 38.1 Å². The van der Waals surface area contributed by atoms with E-state index in [1.54, 1.807) is 11.8 Å². The Morgan fingerprint density at radius 1 is 1.04 bits per heavy atom. The first-order chi connectivity index (χ1) is 11.3. The first-order valence-corrected chi connectivity index (χ1v) is 8.63. The summed E-state index contributed by atoms with van der Waals surface area (Å²) in [6, 6.07) is 18.7. The Hall–Kier alpha value is -2.04. The lowest BCUT2D eigenvalue weighted by Gasteiger charge is -2.08. The lowest BCUT2D eigenvalue weighted by atomic mass is 10.1. The third-order valence-corrected chi connectivity index (χ3v) is 4.80. The minimum absolute atomic E-state index is 0.0281. The Balaban J connectivity index is 1.78. The molecule has 3 aromatic rings. The van der Waals surface area contributed by atoms with Crippen molar-refractivity contribution in [3.63, 3.8) is 0 Å². The highest BCUT2D eigenvalue weighted by Gasteiger charge is 2.10. The van der Waals surface area contributed by atoms with Gasteiger partial charge in [0.25, 0.3) is 0 Å². The fourth-order valence-electron chi connectivity index (χ4n) is 2.45. The average molecular weight is 324 g/mol. The van der Waals surface area contributed by atoms with Gasteiger partial charge in [-0.3, -0.25) is 0 Å². The van der Waals surface area contributed by atoms with Gasteiger partial charge in [-0.1, -0.05) is 66.4 Å². The van der Waals surface area contributed by atoms with Crippen molar-refractivity contribution in [2.75, 3.05) is 0 Å². The molecule has 1 heterocycles. The van der Waals surface area contributed by atoms with Crippen molar-refractivity contribution in [2.24, 2.45) is 0 Å². The van der Waals surface area contributed by atoms with E-state index in [2.05, 4.69) is 52.9 Å². The Morgan fingerprint density at radius 3 is 2.52 bits per heavy atom. The monoisotopic (exact) mass is 324 g/mol. The SMILES string of the molecule is Cc1ccccc1CSc1nc(CO)cn1Cc1ccccc1. The summed E-state index contributed by atoms with van der Waals surface area (Å²) in [5, 5.41) is 10.3. The summed E-state index contributed by atoms with van der Waals surface area (Å²) in [7, 11) is 0. The van der Waals surface area contributed by atoms with E-state index in [1.165, 1.54) is 16.7 Å². The number of rotatable bonds is 6. The fourth-order valence-corrected chi connectivity index (χ4v) is 3.52. The highest BCUT2D eigenvalue weighted by molar-refractivity contribution is 7.98. The van der Waals surface area contributed by atoms with Gasteiger partial charge >= 0.3 is 0 Å². The van der Waals surface area contributed by atoms with E-state index >= 15 is 0 Å². The second-order valence-electron chi connectivity index (χ2n) is 5.50. The molecule has 0 aliphatic rings. The Kier molecular flexibility index (Phi) is 5.16. The van der Waals surface area contributed by atoms with Crippen LogP contribution in [0.5, 0.6) is 0 Å². The number of benzene rings is 2. The van der Waals surface area contributed by atoms with Gasteiger partial charge in [0.05, 0.1) is 12.3 Å². The summed E-state index contributed by atoms with van der Waals surface area (Å²) in [4.78, 5) is 4.55. The van der Waals surface area contributed by atoms with E-state index in [-0.39, 0.29) is 6.61 Å². The van der Waals surface area contributed by atoms with Crippen molar-refractivity contribution in [3.8, 4) is 0 Å². The first kappa shape index (κ1) is 15.8. The van der Waals surface area contributed by atoms with E-state index in [1.807, 2.05) is 24.4 Å². The number of nitrogens with zero attached hydrogens (tertiary/aromatic N) is 2. The van der Waals surface area contributed by atoms with E-state index in [0.717, 1.165) is 17.5 Å². The molecule has 0 saturated heterocycles. The van der Waals surface area contributed by atoms with Crippen LogP contribution in [0, 0.1) is 6.92 Å². The van der Waals surface area contributed by atoms with E-state index in [0.29, 0.717) is 5.69 Å². The van der Waals surface area contributed by atoms with Crippen LogP contribution in [0.1, 0.15) is 22.4 Å². The molecule has 0 radical (unpaired) electrons. The molecule has 0 unspecified atom stereocenters. The number of thioether (sulfide) groups is 1. The standard InChI is InChI=1S/C19H20N2OS/c1-15-7-5-6-10-17(15)14-23-19-20-18(13-22)12-21(19)11-16-8-3-2-4-9-16/h2-10,12,22H,11,13-14H2,1H3. The molecule has 4 heteroatoms. The van der Waals surface area contributed by atoms with Crippen LogP contribution in [0.4, 0.5) is 0 Å². The van der Waals surface area contributed by atoms with Crippen LogP contribution in [0.3, 0.4) is 0 Å². The van der Waals surface area contributed by atoms with Crippen molar-refractivity contribution in [1.29, 1.82) is 0 Å². The summed E-state index contributed by atoms with van der Waals surface area (Å²) >= 11 is 1.71. The molecule has 2 aromatic carbocycles. The molecule has 23 heavy (non-hydrogen) atoms. The quantitative estimate of drug-likeness (QED) is 0.696. The van der Waals surface area contributed by atoms with Crippen LogP contribution in [-0.2, 0) is 18.9 Å².